The third-order valence-electron chi connectivity index (χ3n) is 6.50. The van der Waals surface area contributed by atoms with Crippen molar-refractivity contribution >= 4 is 66.7 Å². The van der Waals surface area contributed by atoms with E-state index in [2.05, 4.69) is 21.2 Å². The molecular weight excluding hydrogens is 637 g/mol. The van der Waals surface area contributed by atoms with Crippen molar-refractivity contribution in [2.24, 2.45) is 0 Å². The van der Waals surface area contributed by atoms with Crippen LogP contribution in [0.25, 0.3) is 0 Å². The van der Waals surface area contributed by atoms with Crippen molar-refractivity contribution in [2.75, 3.05) is 10.8 Å². The van der Waals surface area contributed by atoms with Crippen molar-refractivity contribution < 1.29 is 18.0 Å². The van der Waals surface area contributed by atoms with E-state index >= 15 is 0 Å². The van der Waals surface area contributed by atoms with Gasteiger partial charge in [-0.05, 0) is 68.3 Å². The maximum Gasteiger partial charge on any atom is 0.264 e. The summed E-state index contributed by atoms with van der Waals surface area (Å²) >= 11 is 16.3. The lowest BCUT2D eigenvalue weighted by Gasteiger charge is -2.34. The second-order valence-corrected chi connectivity index (χ2v) is 12.9. The van der Waals surface area contributed by atoms with E-state index in [0.717, 1.165) is 8.78 Å². The van der Waals surface area contributed by atoms with Crippen LogP contribution in [-0.2, 0) is 26.2 Å². The van der Waals surface area contributed by atoms with Gasteiger partial charge < -0.3 is 10.2 Å². The Morgan fingerprint density at radius 1 is 0.900 bits per heavy atom. The van der Waals surface area contributed by atoms with Crippen molar-refractivity contribution in [2.45, 2.75) is 57.1 Å². The molecule has 0 bridgehead atoms. The van der Waals surface area contributed by atoms with Crippen LogP contribution in [0.1, 0.15) is 39.2 Å². The SMILES string of the molecule is CC[C@H](C)NC(=O)[C@H](CC)N(Cc1c(Cl)cccc1Cl)C(=O)CN(c1ccc(Br)cc1)S(=O)(=O)c1ccccc1. The molecule has 0 aromatic heterocycles. The standard InChI is InChI=1S/C29H32BrCl2N3O4S/c1-4-20(3)33-29(37)27(5-2)34(18-24-25(31)12-9-13-26(24)32)28(36)19-35(22-16-14-21(30)15-17-22)40(38,39)23-10-7-6-8-11-23/h6-17,20,27H,4-5,18-19H2,1-3H3,(H,33,37)/t20-,27-/m0/s1. The molecule has 2 amide bonds. The molecule has 3 rings (SSSR count). The second kappa shape index (κ2) is 14.3. The predicted octanol–water partition coefficient (Wildman–Crippen LogP) is 6.67. The van der Waals surface area contributed by atoms with Gasteiger partial charge in [-0.2, -0.15) is 0 Å². The molecule has 0 saturated heterocycles. The average Bonchev–Trinajstić information content (AvgIpc) is 2.93. The summed E-state index contributed by atoms with van der Waals surface area (Å²) in [4.78, 5) is 28.8. The molecule has 3 aromatic carbocycles. The van der Waals surface area contributed by atoms with Gasteiger partial charge in [0.2, 0.25) is 11.8 Å². The molecule has 0 aliphatic carbocycles. The van der Waals surface area contributed by atoms with Crippen LogP contribution < -0.4 is 9.62 Å². The first-order chi connectivity index (χ1) is 19.0. The molecule has 0 unspecified atom stereocenters. The summed E-state index contributed by atoms with van der Waals surface area (Å²) in [7, 11) is -4.14. The molecule has 0 fully saturated rings. The fourth-order valence-corrected chi connectivity index (χ4v) is 6.29. The number of amides is 2. The highest BCUT2D eigenvalue weighted by molar-refractivity contribution is 9.10. The highest BCUT2D eigenvalue weighted by Crippen LogP contribution is 2.29. The topological polar surface area (TPSA) is 86.8 Å². The van der Waals surface area contributed by atoms with E-state index in [9.17, 15) is 18.0 Å². The molecule has 214 valence electrons. The van der Waals surface area contributed by atoms with Crippen LogP contribution in [-0.4, -0.2) is 43.8 Å². The van der Waals surface area contributed by atoms with Gasteiger partial charge in [0.25, 0.3) is 10.0 Å². The van der Waals surface area contributed by atoms with Gasteiger partial charge in [0.1, 0.15) is 12.6 Å². The Hall–Kier alpha value is -2.59. The molecule has 40 heavy (non-hydrogen) atoms. The van der Waals surface area contributed by atoms with Crippen LogP contribution in [0.2, 0.25) is 10.0 Å². The first-order valence-electron chi connectivity index (χ1n) is 12.9. The quantitative estimate of drug-likeness (QED) is 0.234. The van der Waals surface area contributed by atoms with E-state index in [1.54, 1.807) is 67.6 Å². The minimum absolute atomic E-state index is 0.0352. The number of halogens is 3. The normalized spacial score (nSPS) is 12.8. The van der Waals surface area contributed by atoms with Gasteiger partial charge in [0, 0.05) is 32.7 Å². The Morgan fingerprint density at radius 2 is 1.50 bits per heavy atom. The Balaban J connectivity index is 2.08. The number of nitrogens with one attached hydrogen (secondary N) is 1. The van der Waals surface area contributed by atoms with Gasteiger partial charge in [0.15, 0.2) is 0 Å². The number of rotatable bonds is 12. The number of benzene rings is 3. The van der Waals surface area contributed by atoms with Gasteiger partial charge in [-0.15, -0.1) is 0 Å². The zero-order valence-electron chi connectivity index (χ0n) is 22.5. The van der Waals surface area contributed by atoms with Gasteiger partial charge in [-0.3, -0.25) is 13.9 Å². The van der Waals surface area contributed by atoms with E-state index in [4.69, 9.17) is 23.2 Å². The van der Waals surface area contributed by atoms with Crippen molar-refractivity contribution in [3.63, 3.8) is 0 Å². The van der Waals surface area contributed by atoms with Crippen LogP contribution >= 0.6 is 39.1 Å². The first kappa shape index (κ1) is 31.9. The number of carbonyl (C=O) groups is 2. The molecular formula is C29H32BrCl2N3O4S. The molecule has 0 aliphatic rings. The Kier molecular flexibility index (Phi) is 11.5. The van der Waals surface area contributed by atoms with Crippen molar-refractivity contribution in [1.82, 2.24) is 10.2 Å². The number of sulfonamides is 1. The summed E-state index contributed by atoms with van der Waals surface area (Å²) in [5.41, 5.74) is 0.767. The molecule has 0 aliphatic heterocycles. The Labute approximate surface area is 254 Å². The molecule has 0 saturated carbocycles. The molecule has 0 heterocycles. The third-order valence-corrected chi connectivity index (χ3v) is 9.53. The zero-order valence-corrected chi connectivity index (χ0v) is 26.4. The van der Waals surface area contributed by atoms with E-state index in [1.165, 1.54) is 17.0 Å². The molecule has 0 spiro atoms. The van der Waals surface area contributed by atoms with Crippen LogP contribution in [0, 0.1) is 0 Å². The lowest BCUT2D eigenvalue weighted by Crippen LogP contribution is -2.53. The van der Waals surface area contributed by atoms with Crippen LogP contribution in [0.15, 0.2) is 82.2 Å². The van der Waals surface area contributed by atoms with Crippen molar-refractivity contribution in [3.05, 3.63) is 92.9 Å². The number of nitrogens with zero attached hydrogens (tertiary/aromatic N) is 2. The number of carbonyl (C=O) groups excluding carboxylic acids is 2. The van der Waals surface area contributed by atoms with Crippen LogP contribution in [0.3, 0.4) is 0 Å². The minimum atomic E-state index is -4.14. The summed E-state index contributed by atoms with van der Waals surface area (Å²) in [6, 6.07) is 18.5. The second-order valence-electron chi connectivity index (χ2n) is 9.26. The minimum Gasteiger partial charge on any atom is -0.352 e. The highest BCUT2D eigenvalue weighted by Gasteiger charge is 2.34. The van der Waals surface area contributed by atoms with Crippen molar-refractivity contribution in [3.8, 4) is 0 Å². The Morgan fingerprint density at radius 3 is 2.05 bits per heavy atom. The lowest BCUT2D eigenvalue weighted by atomic mass is 10.1. The number of anilines is 1. The molecule has 0 radical (unpaired) electrons. The Bertz CT molecular complexity index is 1400. The fourth-order valence-electron chi connectivity index (χ4n) is 4.07. The largest absolute Gasteiger partial charge is 0.352 e. The molecule has 11 heteroatoms. The summed E-state index contributed by atoms with van der Waals surface area (Å²) in [5, 5.41) is 3.62. The summed E-state index contributed by atoms with van der Waals surface area (Å²) in [6.45, 7) is 4.99. The summed E-state index contributed by atoms with van der Waals surface area (Å²) in [6.07, 6.45) is 0.999. The van der Waals surface area contributed by atoms with Crippen LogP contribution in [0.4, 0.5) is 5.69 Å². The van der Waals surface area contributed by atoms with E-state index in [1.807, 2.05) is 13.8 Å². The molecule has 7 nitrogen and oxygen atoms in total. The maximum absolute atomic E-state index is 14.1. The van der Waals surface area contributed by atoms with E-state index in [0.29, 0.717) is 34.1 Å². The smallest absolute Gasteiger partial charge is 0.264 e. The molecule has 1 N–H and O–H groups in total. The predicted molar refractivity (Wildman–Crippen MR) is 164 cm³/mol. The molecule has 3 aromatic rings. The van der Waals surface area contributed by atoms with Gasteiger partial charge in [-0.25, -0.2) is 8.42 Å². The van der Waals surface area contributed by atoms with Gasteiger partial charge in [-0.1, -0.05) is 77.2 Å². The number of hydrogen-bond donors (Lipinski definition) is 1. The summed E-state index contributed by atoms with van der Waals surface area (Å²) < 4.78 is 29.4. The fraction of sp³-hybridized carbons (Fsp3) is 0.310. The van der Waals surface area contributed by atoms with Gasteiger partial charge in [0.05, 0.1) is 10.6 Å². The highest BCUT2D eigenvalue weighted by atomic mass is 79.9. The van der Waals surface area contributed by atoms with Crippen molar-refractivity contribution in [1.29, 1.82) is 0 Å². The maximum atomic E-state index is 14.1. The number of hydrogen-bond acceptors (Lipinski definition) is 4. The molecule has 2 atom stereocenters. The van der Waals surface area contributed by atoms with E-state index < -0.39 is 28.5 Å². The van der Waals surface area contributed by atoms with E-state index in [-0.39, 0.29) is 23.4 Å². The monoisotopic (exact) mass is 667 g/mol. The lowest BCUT2D eigenvalue weighted by molar-refractivity contribution is -0.140. The zero-order chi connectivity index (χ0) is 29.4. The average molecular weight is 669 g/mol. The van der Waals surface area contributed by atoms with Gasteiger partial charge >= 0.3 is 0 Å². The third kappa shape index (κ3) is 7.78. The first-order valence-corrected chi connectivity index (χ1v) is 15.8. The summed E-state index contributed by atoms with van der Waals surface area (Å²) in [5.74, 6) is -0.918. The van der Waals surface area contributed by atoms with Crippen LogP contribution in [0.5, 0.6) is 0 Å².